The van der Waals surface area contributed by atoms with E-state index in [0.717, 1.165) is 23.2 Å². The summed E-state index contributed by atoms with van der Waals surface area (Å²) >= 11 is 0. The number of amides is 3. The van der Waals surface area contributed by atoms with Gasteiger partial charge in [0.1, 0.15) is 0 Å². The fourth-order valence-electron chi connectivity index (χ4n) is 0.873. The van der Waals surface area contributed by atoms with E-state index in [1.54, 1.807) is 0 Å². The van der Waals surface area contributed by atoms with Crippen LogP contribution in [0.4, 0.5) is 0 Å². The van der Waals surface area contributed by atoms with Crippen LogP contribution < -0.4 is 10.7 Å². The zero-order chi connectivity index (χ0) is 13.3. The largest absolute Gasteiger partial charge is 0.351 e. The molecule has 2 N–H and O–H groups in total. The van der Waals surface area contributed by atoms with Gasteiger partial charge in [-0.05, 0) is 18.2 Å². The molecule has 0 aliphatic carbocycles. The van der Waals surface area contributed by atoms with Gasteiger partial charge in [-0.25, -0.2) is 5.01 Å². The van der Waals surface area contributed by atoms with Crippen LogP contribution >= 0.6 is 0 Å². The predicted octanol–water partition coefficient (Wildman–Crippen LogP) is -0.480. The molecule has 0 saturated heterocycles. The van der Waals surface area contributed by atoms with Crippen molar-refractivity contribution in [3.63, 3.8) is 0 Å². The Bertz CT molecular complexity index is 350. The number of rotatable bonds is 6. The van der Waals surface area contributed by atoms with E-state index < -0.39 is 11.8 Å². The Labute approximate surface area is 99.6 Å². The summed E-state index contributed by atoms with van der Waals surface area (Å²) in [5.41, 5.74) is 2.29. The Morgan fingerprint density at radius 3 is 2.06 bits per heavy atom. The average Bonchev–Trinajstić information content (AvgIpc) is 2.35. The van der Waals surface area contributed by atoms with Crippen LogP contribution in [-0.4, -0.2) is 35.8 Å². The Hall–Kier alpha value is -2.37. The Kier molecular flexibility index (Phi) is 6.77. The summed E-state index contributed by atoms with van der Waals surface area (Å²) in [6, 6.07) is 0. The quantitative estimate of drug-likeness (QED) is 0.484. The molecule has 17 heavy (non-hydrogen) atoms. The van der Waals surface area contributed by atoms with Crippen molar-refractivity contribution in [2.75, 3.05) is 13.1 Å². The van der Waals surface area contributed by atoms with Crippen molar-refractivity contribution >= 4 is 17.7 Å². The number of carbonyl (C=O) groups is 3. The van der Waals surface area contributed by atoms with E-state index in [1.807, 2.05) is 0 Å². The highest BCUT2D eigenvalue weighted by Gasteiger charge is 2.11. The second-order valence-corrected chi connectivity index (χ2v) is 2.87. The smallest absolute Gasteiger partial charge is 0.264 e. The fraction of sp³-hybridized carbons (Fsp3) is 0.182. The molecule has 0 spiro atoms. The van der Waals surface area contributed by atoms with E-state index >= 15 is 0 Å². The summed E-state index contributed by atoms with van der Waals surface area (Å²) in [6.45, 7) is 10.1. The molecule has 0 aromatic heterocycles. The molecule has 0 rings (SSSR count). The van der Waals surface area contributed by atoms with Gasteiger partial charge in [0.2, 0.25) is 5.91 Å². The summed E-state index contributed by atoms with van der Waals surface area (Å²) in [5.74, 6) is -1.35. The molecule has 0 unspecified atom stereocenters. The Morgan fingerprint density at radius 1 is 1.00 bits per heavy atom. The molecular formula is C11H15N3O3. The molecule has 0 aromatic rings. The third-order valence-corrected chi connectivity index (χ3v) is 1.69. The standard InChI is InChI=1S/C11H15N3O3/c1-4-9(15)12-7-8-14(11(17)6-3)13-10(16)5-2/h4-6H,1-3,7-8H2,(H,12,15)(H,13,16). The van der Waals surface area contributed by atoms with Crippen LogP contribution in [0.3, 0.4) is 0 Å². The lowest BCUT2D eigenvalue weighted by Crippen LogP contribution is -2.48. The summed E-state index contributed by atoms with van der Waals surface area (Å²) in [5, 5.41) is 3.50. The molecule has 6 nitrogen and oxygen atoms in total. The second-order valence-electron chi connectivity index (χ2n) is 2.87. The minimum Gasteiger partial charge on any atom is -0.351 e. The van der Waals surface area contributed by atoms with Crippen molar-refractivity contribution in [1.82, 2.24) is 15.8 Å². The zero-order valence-electron chi connectivity index (χ0n) is 9.44. The lowest BCUT2D eigenvalue weighted by Gasteiger charge is -2.21. The first-order valence-electron chi connectivity index (χ1n) is 4.82. The minimum atomic E-state index is -0.518. The van der Waals surface area contributed by atoms with Crippen molar-refractivity contribution in [3.05, 3.63) is 38.0 Å². The topological polar surface area (TPSA) is 78.5 Å². The van der Waals surface area contributed by atoms with Gasteiger partial charge in [0, 0.05) is 6.54 Å². The van der Waals surface area contributed by atoms with Crippen LogP contribution in [0.25, 0.3) is 0 Å². The average molecular weight is 237 g/mol. The van der Waals surface area contributed by atoms with Crippen LogP contribution in [0.1, 0.15) is 0 Å². The fourth-order valence-corrected chi connectivity index (χ4v) is 0.873. The summed E-state index contributed by atoms with van der Waals surface area (Å²) in [4.78, 5) is 33.2. The number of hydrogen-bond donors (Lipinski definition) is 2. The van der Waals surface area contributed by atoms with Crippen LogP contribution in [-0.2, 0) is 14.4 Å². The third-order valence-electron chi connectivity index (χ3n) is 1.69. The van der Waals surface area contributed by atoms with Gasteiger partial charge in [-0.1, -0.05) is 19.7 Å². The molecule has 0 heterocycles. The summed E-state index contributed by atoms with van der Waals surface area (Å²) in [6.07, 6.45) is 3.20. The van der Waals surface area contributed by atoms with Gasteiger partial charge in [-0.3, -0.25) is 19.8 Å². The SMILES string of the molecule is C=CC(=O)NCCN(NC(=O)C=C)C(=O)C=C. The zero-order valence-corrected chi connectivity index (χ0v) is 9.44. The molecule has 0 atom stereocenters. The van der Waals surface area contributed by atoms with Gasteiger partial charge >= 0.3 is 0 Å². The normalized spacial score (nSPS) is 8.71. The predicted molar refractivity (Wildman–Crippen MR) is 63.5 cm³/mol. The Balaban J connectivity index is 4.29. The lowest BCUT2D eigenvalue weighted by atomic mass is 10.4. The van der Waals surface area contributed by atoms with E-state index in [-0.39, 0.29) is 19.0 Å². The van der Waals surface area contributed by atoms with Gasteiger partial charge < -0.3 is 5.32 Å². The molecule has 0 fully saturated rings. The summed E-state index contributed by atoms with van der Waals surface area (Å²) in [7, 11) is 0. The van der Waals surface area contributed by atoms with E-state index in [0.29, 0.717) is 0 Å². The lowest BCUT2D eigenvalue weighted by molar-refractivity contribution is -0.135. The van der Waals surface area contributed by atoms with Crippen LogP contribution in [0, 0.1) is 0 Å². The highest BCUT2D eigenvalue weighted by molar-refractivity contribution is 5.92. The van der Waals surface area contributed by atoms with Crippen molar-refractivity contribution in [2.24, 2.45) is 0 Å². The van der Waals surface area contributed by atoms with Crippen LogP contribution in [0.2, 0.25) is 0 Å². The number of nitrogens with one attached hydrogen (secondary N) is 2. The molecule has 0 saturated carbocycles. The van der Waals surface area contributed by atoms with Crippen LogP contribution in [0.15, 0.2) is 38.0 Å². The first-order valence-corrected chi connectivity index (χ1v) is 4.82. The summed E-state index contributed by atoms with van der Waals surface area (Å²) < 4.78 is 0. The second kappa shape index (κ2) is 7.86. The van der Waals surface area contributed by atoms with E-state index in [2.05, 4.69) is 30.5 Å². The molecule has 0 radical (unpaired) electrons. The number of carbonyl (C=O) groups excluding carboxylic acids is 3. The van der Waals surface area contributed by atoms with Crippen molar-refractivity contribution in [1.29, 1.82) is 0 Å². The molecule has 0 bridgehead atoms. The van der Waals surface area contributed by atoms with Gasteiger partial charge in [-0.2, -0.15) is 0 Å². The highest BCUT2D eigenvalue weighted by atomic mass is 16.2. The van der Waals surface area contributed by atoms with E-state index in [4.69, 9.17) is 0 Å². The van der Waals surface area contributed by atoms with E-state index in [1.165, 1.54) is 0 Å². The molecule has 92 valence electrons. The molecule has 0 aliphatic rings. The van der Waals surface area contributed by atoms with Crippen LogP contribution in [0.5, 0.6) is 0 Å². The monoisotopic (exact) mass is 237 g/mol. The maximum Gasteiger partial charge on any atom is 0.264 e. The van der Waals surface area contributed by atoms with E-state index in [9.17, 15) is 14.4 Å². The van der Waals surface area contributed by atoms with Gasteiger partial charge in [0.05, 0.1) is 6.54 Å². The first-order chi connectivity index (χ1) is 8.04. The van der Waals surface area contributed by atoms with Gasteiger partial charge in [0.25, 0.3) is 11.8 Å². The van der Waals surface area contributed by atoms with Crippen molar-refractivity contribution in [3.8, 4) is 0 Å². The van der Waals surface area contributed by atoms with Crippen molar-refractivity contribution < 1.29 is 14.4 Å². The number of nitrogens with zero attached hydrogens (tertiary/aromatic N) is 1. The maximum absolute atomic E-state index is 11.3. The maximum atomic E-state index is 11.3. The Morgan fingerprint density at radius 2 is 1.59 bits per heavy atom. The van der Waals surface area contributed by atoms with Gasteiger partial charge in [0.15, 0.2) is 0 Å². The molecule has 3 amide bonds. The molecule has 0 aromatic carbocycles. The van der Waals surface area contributed by atoms with Gasteiger partial charge in [-0.15, -0.1) is 0 Å². The molecule has 0 aliphatic heterocycles. The molecular weight excluding hydrogens is 222 g/mol. The number of hydrogen-bond acceptors (Lipinski definition) is 3. The van der Waals surface area contributed by atoms with Crippen molar-refractivity contribution in [2.45, 2.75) is 0 Å². The molecule has 6 heteroatoms. The highest BCUT2D eigenvalue weighted by Crippen LogP contribution is 1.86. The first kappa shape index (κ1) is 14.6. The minimum absolute atomic E-state index is 0.115. The number of hydrazine groups is 1. The third kappa shape index (κ3) is 5.93.